The van der Waals surface area contributed by atoms with Gasteiger partial charge in [-0.15, -0.1) is 0 Å². The Kier molecular flexibility index (Phi) is 23.6. The molecule has 2 N–H and O–H groups in total. The first-order valence-corrected chi connectivity index (χ1v) is 32.7. The molecule has 2 atom stereocenters. The molecule has 0 radical (unpaired) electrons. The first kappa shape index (κ1) is 49.3. The van der Waals surface area contributed by atoms with Crippen LogP contribution >= 0.6 is 0 Å². The van der Waals surface area contributed by atoms with Crippen LogP contribution in [0, 0.1) is 0 Å². The largest absolute Gasteiger partial charge is 0.460 e. The number of aliphatic hydroxyl groups is 2. The van der Waals surface area contributed by atoms with Gasteiger partial charge in [-0.25, -0.2) is 9.59 Å². The average molecular weight is 771 g/mol. The highest BCUT2D eigenvalue weighted by Crippen LogP contribution is 2.25. The lowest BCUT2D eigenvalue weighted by molar-refractivity contribution is -0.143. The number of carbonyl (C=O) groups is 2. The summed E-state index contributed by atoms with van der Waals surface area (Å²) in [5.41, 5.74) is 0.634. The number of hydrogen-bond acceptors (Lipinski definition) is 11. The highest BCUT2D eigenvalue weighted by atomic mass is 28.5. The van der Waals surface area contributed by atoms with Gasteiger partial charge in [0.15, 0.2) is 33.3 Å². The first-order chi connectivity index (χ1) is 21.6. The Morgan fingerprint density at radius 2 is 0.896 bits per heavy atom. The molecular formula is C32H70O11Si5. The summed E-state index contributed by atoms with van der Waals surface area (Å²) >= 11 is 0. The molecule has 0 heterocycles. The van der Waals surface area contributed by atoms with E-state index in [0.717, 1.165) is 24.9 Å². The fourth-order valence-corrected chi connectivity index (χ4v) is 25.1. The molecule has 0 amide bonds. The second-order valence-electron chi connectivity index (χ2n) is 16.0. The van der Waals surface area contributed by atoms with Crippen molar-refractivity contribution in [1.29, 1.82) is 0 Å². The molecule has 0 saturated carbocycles. The standard InChI is InChI=1S/C17H38O6Si3.C15H32O5Si2/c1-15(2)17(19)21-14-16(18)13-20-11-10-12-26(9,22-24(3,4)5)23-25(6,7)8;1-13(2)15(17)19-12-14(16)11-18-9-8-10-22(6,7)20-21(3,4)5/h16,18H,1,10-14H2,2-9H3;14,16H,1,8-12H2,2-7H3. The molecule has 0 aromatic heterocycles. The molecular weight excluding hydrogens is 701 g/mol. The number of carbonyl (C=O) groups excluding carboxylic acids is 2. The lowest BCUT2D eigenvalue weighted by Gasteiger charge is -2.38. The van der Waals surface area contributed by atoms with Crippen molar-refractivity contribution in [2.24, 2.45) is 0 Å². The zero-order valence-electron chi connectivity index (χ0n) is 32.7. The molecule has 0 rings (SSSR count). The maximum absolute atomic E-state index is 11.3. The molecule has 0 bridgehead atoms. The van der Waals surface area contributed by atoms with E-state index in [2.05, 4.69) is 91.7 Å². The maximum atomic E-state index is 11.3. The van der Waals surface area contributed by atoms with Crippen LogP contribution in [0.4, 0.5) is 0 Å². The van der Waals surface area contributed by atoms with Gasteiger partial charge in [-0.1, -0.05) is 13.2 Å². The van der Waals surface area contributed by atoms with E-state index in [1.54, 1.807) is 13.8 Å². The van der Waals surface area contributed by atoms with Crippen molar-refractivity contribution in [2.45, 2.75) is 130 Å². The van der Waals surface area contributed by atoms with Crippen molar-refractivity contribution in [2.75, 3.05) is 39.6 Å². The van der Waals surface area contributed by atoms with Gasteiger partial charge in [-0.05, 0) is 117 Å². The minimum atomic E-state index is -2.24. The zero-order valence-corrected chi connectivity index (χ0v) is 37.7. The van der Waals surface area contributed by atoms with Gasteiger partial charge in [0.1, 0.15) is 25.4 Å². The van der Waals surface area contributed by atoms with E-state index in [1.807, 2.05) is 0 Å². The Hall–Kier alpha value is -0.776. The third-order valence-electron chi connectivity index (χ3n) is 5.74. The van der Waals surface area contributed by atoms with E-state index in [1.165, 1.54) is 0 Å². The van der Waals surface area contributed by atoms with E-state index < -0.39 is 66.0 Å². The van der Waals surface area contributed by atoms with Crippen LogP contribution in [0.15, 0.2) is 24.3 Å². The summed E-state index contributed by atoms with van der Waals surface area (Å²) in [7, 11) is -8.72. The first-order valence-electron chi connectivity index (χ1n) is 16.8. The third kappa shape index (κ3) is 31.2. The van der Waals surface area contributed by atoms with Crippen LogP contribution in [0.3, 0.4) is 0 Å². The summed E-state index contributed by atoms with van der Waals surface area (Å²) in [4.78, 5) is 22.4. The fourth-order valence-electron chi connectivity index (χ4n) is 4.52. The van der Waals surface area contributed by atoms with Gasteiger partial charge in [-0.2, -0.15) is 0 Å². The van der Waals surface area contributed by atoms with Crippen LogP contribution in [0.2, 0.25) is 90.7 Å². The summed E-state index contributed by atoms with van der Waals surface area (Å²) in [5, 5.41) is 19.4. The summed E-state index contributed by atoms with van der Waals surface area (Å²) < 4.78 is 39.8. The summed E-state index contributed by atoms with van der Waals surface area (Å²) in [6, 6.07) is 1.90. The molecule has 0 aromatic rings. The van der Waals surface area contributed by atoms with E-state index in [4.69, 9.17) is 31.3 Å². The lowest BCUT2D eigenvalue weighted by Crippen LogP contribution is -2.52. The molecule has 16 heteroatoms. The van der Waals surface area contributed by atoms with Crippen LogP contribution in [0.5, 0.6) is 0 Å². The average Bonchev–Trinajstić information content (AvgIpc) is 2.86. The van der Waals surface area contributed by atoms with Gasteiger partial charge in [0, 0.05) is 24.4 Å². The molecule has 284 valence electrons. The molecule has 0 spiro atoms. The topological polar surface area (TPSA) is 139 Å². The fraction of sp³-hybridized carbons (Fsp3) is 0.812. The van der Waals surface area contributed by atoms with Crippen molar-refractivity contribution in [1.82, 2.24) is 0 Å². The number of ether oxygens (including phenoxy) is 4. The monoisotopic (exact) mass is 770 g/mol. The smallest absolute Gasteiger partial charge is 0.333 e. The molecule has 0 aliphatic rings. The number of esters is 2. The zero-order chi connectivity index (χ0) is 38.0. The Morgan fingerprint density at radius 1 is 0.562 bits per heavy atom. The van der Waals surface area contributed by atoms with Gasteiger partial charge in [0.05, 0.1) is 13.2 Å². The lowest BCUT2D eigenvalue weighted by atomic mass is 10.3. The van der Waals surface area contributed by atoms with Crippen LogP contribution in [0.25, 0.3) is 0 Å². The third-order valence-corrected chi connectivity index (χ3v) is 21.6. The molecule has 2 unspecified atom stereocenters. The minimum Gasteiger partial charge on any atom is -0.460 e. The molecule has 0 aliphatic heterocycles. The Morgan fingerprint density at radius 3 is 1.21 bits per heavy atom. The second kappa shape index (κ2) is 22.9. The highest BCUT2D eigenvalue weighted by Gasteiger charge is 2.39. The molecule has 11 nitrogen and oxygen atoms in total. The van der Waals surface area contributed by atoms with Crippen molar-refractivity contribution in [3.8, 4) is 0 Å². The van der Waals surface area contributed by atoms with Crippen molar-refractivity contribution < 1.29 is 51.1 Å². The predicted octanol–water partition coefficient (Wildman–Crippen LogP) is 6.58. The SMILES string of the molecule is C=C(C)C(=O)OCC(O)COCCC[Si](C)(C)O[Si](C)(C)C.C=C(C)C(=O)OCC(O)COCCC[Si](C)(O[Si](C)(C)C)O[Si](C)(C)C. The van der Waals surface area contributed by atoms with E-state index in [-0.39, 0.29) is 26.4 Å². The molecule has 0 saturated heterocycles. The van der Waals surface area contributed by atoms with E-state index >= 15 is 0 Å². The van der Waals surface area contributed by atoms with E-state index in [0.29, 0.717) is 24.4 Å². The normalized spacial score (nSPS) is 14.0. The van der Waals surface area contributed by atoms with Crippen molar-refractivity contribution in [3.05, 3.63) is 24.3 Å². The predicted molar refractivity (Wildman–Crippen MR) is 206 cm³/mol. The maximum Gasteiger partial charge on any atom is 0.333 e. The van der Waals surface area contributed by atoms with Crippen LogP contribution in [-0.2, 0) is 40.9 Å². The van der Waals surface area contributed by atoms with Crippen LogP contribution in [0.1, 0.15) is 26.7 Å². The van der Waals surface area contributed by atoms with E-state index in [9.17, 15) is 19.8 Å². The summed E-state index contributed by atoms with van der Waals surface area (Å²) in [5.74, 6) is -0.992. The molecule has 0 fully saturated rings. The minimum absolute atomic E-state index is 0.0648. The van der Waals surface area contributed by atoms with Gasteiger partial charge >= 0.3 is 20.5 Å². The van der Waals surface area contributed by atoms with Gasteiger partial charge in [0.25, 0.3) is 0 Å². The molecule has 48 heavy (non-hydrogen) atoms. The highest BCUT2D eigenvalue weighted by molar-refractivity contribution is 6.87. The summed E-state index contributed by atoms with van der Waals surface area (Å²) in [6.07, 6.45) is 0.1000. The van der Waals surface area contributed by atoms with Gasteiger partial charge < -0.3 is 41.5 Å². The van der Waals surface area contributed by atoms with Crippen LogP contribution < -0.4 is 0 Å². The Bertz CT molecular complexity index is 957. The molecule has 0 aliphatic carbocycles. The Balaban J connectivity index is 0. The summed E-state index contributed by atoms with van der Waals surface area (Å²) in [6.45, 7) is 37.7. The Labute approximate surface area is 297 Å². The number of rotatable bonds is 24. The quantitative estimate of drug-likeness (QED) is 0.0477. The van der Waals surface area contributed by atoms with Crippen molar-refractivity contribution in [3.63, 3.8) is 0 Å². The molecule has 0 aromatic carbocycles. The van der Waals surface area contributed by atoms with Crippen LogP contribution in [-0.4, -0.2) is 116 Å². The van der Waals surface area contributed by atoms with Crippen molar-refractivity contribution >= 4 is 53.8 Å². The second-order valence-corrected chi connectivity index (χ2v) is 37.9. The number of hydrogen-bond donors (Lipinski definition) is 2. The van der Waals surface area contributed by atoms with Gasteiger partial charge in [0.2, 0.25) is 0 Å². The number of aliphatic hydroxyl groups excluding tert-OH is 2. The van der Waals surface area contributed by atoms with Gasteiger partial charge in [-0.3, -0.25) is 0 Å².